The standard InChI is InChI=1S/C23H21FN4O2/c24-18-5-1-2-7-22(18)30-23-11-10-19(26-27-23)16-9-8-15(13-21(16)29)17-14-25-28-12-4-3-6-20(17)28/h3-4,6,8-14,18,22,29H,1-2,5,7H2/t18-,22+/m1/s1. The van der Waals surface area contributed by atoms with Crippen molar-refractivity contribution < 1.29 is 14.2 Å². The normalized spacial score (nSPS) is 19.1. The molecule has 0 saturated heterocycles. The number of benzene rings is 1. The Kier molecular flexibility index (Phi) is 4.78. The summed E-state index contributed by atoms with van der Waals surface area (Å²) in [5, 5.41) is 23.2. The fraction of sp³-hybridized carbons (Fsp3) is 0.261. The maximum absolute atomic E-state index is 14.0. The fourth-order valence-electron chi connectivity index (χ4n) is 3.94. The minimum Gasteiger partial charge on any atom is -0.507 e. The molecule has 0 spiro atoms. The van der Waals surface area contributed by atoms with Gasteiger partial charge < -0.3 is 9.84 Å². The number of fused-ring (bicyclic) bond motifs is 1. The average molecular weight is 404 g/mol. The smallest absolute Gasteiger partial charge is 0.233 e. The Bertz CT molecular complexity index is 1180. The van der Waals surface area contributed by atoms with E-state index in [9.17, 15) is 9.50 Å². The van der Waals surface area contributed by atoms with Gasteiger partial charge in [0.05, 0.1) is 17.4 Å². The molecule has 30 heavy (non-hydrogen) atoms. The number of rotatable bonds is 4. The van der Waals surface area contributed by atoms with Crippen molar-refractivity contribution in [3.05, 3.63) is 60.9 Å². The second kappa shape index (κ2) is 7.74. The van der Waals surface area contributed by atoms with Crippen molar-refractivity contribution in [2.75, 3.05) is 0 Å². The lowest BCUT2D eigenvalue weighted by Crippen LogP contribution is -2.32. The van der Waals surface area contributed by atoms with Gasteiger partial charge in [-0.1, -0.05) is 18.6 Å². The monoisotopic (exact) mass is 404 g/mol. The Morgan fingerprint density at radius 1 is 1.00 bits per heavy atom. The van der Waals surface area contributed by atoms with Crippen LogP contribution in [0.3, 0.4) is 0 Å². The summed E-state index contributed by atoms with van der Waals surface area (Å²) < 4.78 is 21.4. The summed E-state index contributed by atoms with van der Waals surface area (Å²) in [5.74, 6) is 0.401. The molecular weight excluding hydrogens is 383 g/mol. The van der Waals surface area contributed by atoms with Crippen molar-refractivity contribution in [2.45, 2.75) is 38.0 Å². The van der Waals surface area contributed by atoms with E-state index in [1.54, 1.807) is 35.0 Å². The van der Waals surface area contributed by atoms with Crippen molar-refractivity contribution in [1.82, 2.24) is 19.8 Å². The van der Waals surface area contributed by atoms with Crippen LogP contribution in [0.25, 0.3) is 27.9 Å². The molecule has 3 heterocycles. The number of aromatic hydroxyl groups is 1. The Hall–Kier alpha value is -3.48. The number of phenols is 1. The number of hydrogen-bond acceptors (Lipinski definition) is 5. The molecular formula is C23H21FN4O2. The van der Waals surface area contributed by atoms with Gasteiger partial charge in [-0.3, -0.25) is 0 Å². The Morgan fingerprint density at radius 3 is 2.70 bits per heavy atom. The Balaban J connectivity index is 1.38. The van der Waals surface area contributed by atoms with Crippen LogP contribution in [-0.4, -0.2) is 37.2 Å². The number of nitrogens with zero attached hydrogens (tertiary/aromatic N) is 4. The van der Waals surface area contributed by atoms with Gasteiger partial charge in [0, 0.05) is 23.4 Å². The number of ether oxygens (including phenoxy) is 1. The molecule has 1 aliphatic carbocycles. The molecule has 3 aromatic heterocycles. The van der Waals surface area contributed by atoms with E-state index < -0.39 is 12.3 Å². The third kappa shape index (κ3) is 3.47. The highest BCUT2D eigenvalue weighted by Crippen LogP contribution is 2.34. The zero-order valence-electron chi connectivity index (χ0n) is 16.3. The lowest BCUT2D eigenvalue weighted by molar-refractivity contribution is 0.0594. The van der Waals surface area contributed by atoms with Crippen LogP contribution in [0.4, 0.5) is 4.39 Å². The van der Waals surface area contributed by atoms with Crippen LogP contribution in [0.1, 0.15) is 25.7 Å². The molecule has 6 nitrogen and oxygen atoms in total. The summed E-state index contributed by atoms with van der Waals surface area (Å²) in [7, 11) is 0. The molecule has 1 fully saturated rings. The lowest BCUT2D eigenvalue weighted by atomic mass is 9.96. The zero-order valence-corrected chi connectivity index (χ0v) is 16.3. The number of hydrogen-bond donors (Lipinski definition) is 1. The molecule has 152 valence electrons. The summed E-state index contributed by atoms with van der Waals surface area (Å²) in [4.78, 5) is 0. The van der Waals surface area contributed by atoms with Crippen LogP contribution in [0.5, 0.6) is 11.6 Å². The quantitative estimate of drug-likeness (QED) is 0.528. The van der Waals surface area contributed by atoms with Crippen LogP contribution >= 0.6 is 0 Å². The zero-order chi connectivity index (χ0) is 20.5. The van der Waals surface area contributed by atoms with Gasteiger partial charge in [-0.2, -0.15) is 5.10 Å². The number of aromatic nitrogens is 4. The first-order valence-corrected chi connectivity index (χ1v) is 10.1. The Morgan fingerprint density at radius 2 is 1.90 bits per heavy atom. The molecule has 1 aliphatic rings. The first kappa shape index (κ1) is 18.5. The van der Waals surface area contributed by atoms with Crippen LogP contribution in [0.15, 0.2) is 60.9 Å². The molecule has 0 bridgehead atoms. The highest BCUT2D eigenvalue weighted by atomic mass is 19.1. The van der Waals surface area contributed by atoms with Gasteiger partial charge in [-0.05, 0) is 55.2 Å². The predicted molar refractivity (Wildman–Crippen MR) is 111 cm³/mol. The molecule has 1 N–H and O–H groups in total. The number of alkyl halides is 1. The van der Waals surface area contributed by atoms with Gasteiger partial charge in [0.1, 0.15) is 18.0 Å². The van der Waals surface area contributed by atoms with Gasteiger partial charge in [-0.15, -0.1) is 10.2 Å². The minimum atomic E-state index is -0.961. The highest BCUT2D eigenvalue weighted by Gasteiger charge is 2.26. The van der Waals surface area contributed by atoms with Gasteiger partial charge in [0.15, 0.2) is 0 Å². The third-order valence-corrected chi connectivity index (χ3v) is 5.55. The molecule has 2 atom stereocenters. The average Bonchev–Trinajstić information content (AvgIpc) is 3.20. The molecule has 1 aromatic carbocycles. The van der Waals surface area contributed by atoms with Crippen molar-refractivity contribution in [3.63, 3.8) is 0 Å². The lowest BCUT2D eigenvalue weighted by Gasteiger charge is -2.25. The SMILES string of the molecule is Oc1cc(-c2cnn3ccccc23)ccc1-c1ccc(O[C@H]2CCCC[C@H]2F)nn1. The molecule has 1 saturated carbocycles. The van der Waals surface area contributed by atoms with E-state index in [-0.39, 0.29) is 5.75 Å². The fourth-order valence-corrected chi connectivity index (χ4v) is 3.94. The maximum atomic E-state index is 14.0. The second-order valence-electron chi connectivity index (χ2n) is 7.53. The summed E-state index contributed by atoms with van der Waals surface area (Å²) in [6.07, 6.45) is 5.32. The van der Waals surface area contributed by atoms with Crippen molar-refractivity contribution in [3.8, 4) is 34.0 Å². The van der Waals surface area contributed by atoms with Crippen LogP contribution in [0.2, 0.25) is 0 Å². The van der Waals surface area contributed by atoms with Crippen molar-refractivity contribution in [1.29, 1.82) is 0 Å². The van der Waals surface area contributed by atoms with Crippen molar-refractivity contribution >= 4 is 5.52 Å². The molecule has 0 amide bonds. The summed E-state index contributed by atoms with van der Waals surface area (Å²) in [6, 6.07) is 14.7. The van der Waals surface area contributed by atoms with Gasteiger partial charge in [0.2, 0.25) is 5.88 Å². The first-order chi connectivity index (χ1) is 14.7. The molecule has 4 aromatic rings. The van der Waals surface area contributed by atoms with E-state index in [0.29, 0.717) is 30.0 Å². The van der Waals surface area contributed by atoms with Crippen LogP contribution in [0, 0.1) is 0 Å². The minimum absolute atomic E-state index is 0.0989. The Labute approximate surface area is 173 Å². The van der Waals surface area contributed by atoms with Gasteiger partial charge in [0.25, 0.3) is 0 Å². The maximum Gasteiger partial charge on any atom is 0.233 e. The van der Waals surface area contributed by atoms with Gasteiger partial charge in [-0.25, -0.2) is 8.91 Å². The number of halogens is 1. The summed E-state index contributed by atoms with van der Waals surface area (Å²) in [5.41, 5.74) is 3.83. The highest BCUT2D eigenvalue weighted by molar-refractivity contribution is 5.82. The van der Waals surface area contributed by atoms with E-state index in [1.807, 2.05) is 30.5 Å². The van der Waals surface area contributed by atoms with E-state index in [0.717, 1.165) is 29.5 Å². The number of pyridine rings is 1. The molecule has 0 unspecified atom stereocenters. The largest absolute Gasteiger partial charge is 0.507 e. The van der Waals surface area contributed by atoms with E-state index >= 15 is 0 Å². The molecule has 0 aliphatic heterocycles. The summed E-state index contributed by atoms with van der Waals surface area (Å²) >= 11 is 0. The van der Waals surface area contributed by atoms with E-state index in [2.05, 4.69) is 15.3 Å². The second-order valence-corrected chi connectivity index (χ2v) is 7.53. The van der Waals surface area contributed by atoms with E-state index in [1.165, 1.54) is 0 Å². The molecule has 7 heteroatoms. The first-order valence-electron chi connectivity index (χ1n) is 10.1. The molecule has 5 rings (SSSR count). The third-order valence-electron chi connectivity index (χ3n) is 5.55. The van der Waals surface area contributed by atoms with Gasteiger partial charge >= 0.3 is 0 Å². The van der Waals surface area contributed by atoms with Crippen LogP contribution < -0.4 is 4.74 Å². The van der Waals surface area contributed by atoms with Crippen molar-refractivity contribution in [2.24, 2.45) is 0 Å². The predicted octanol–water partition coefficient (Wildman–Crippen LogP) is 4.82. The summed E-state index contributed by atoms with van der Waals surface area (Å²) in [6.45, 7) is 0. The number of phenolic OH excluding ortho intramolecular Hbond substituents is 1. The van der Waals surface area contributed by atoms with E-state index in [4.69, 9.17) is 4.74 Å². The van der Waals surface area contributed by atoms with Crippen LogP contribution in [-0.2, 0) is 0 Å². The topological polar surface area (TPSA) is 72.5 Å². The molecule has 0 radical (unpaired) electrons.